The Labute approximate surface area is 203 Å². The summed E-state index contributed by atoms with van der Waals surface area (Å²) in [5, 5.41) is 21.3. The van der Waals surface area contributed by atoms with E-state index in [1.807, 2.05) is 13.8 Å². The van der Waals surface area contributed by atoms with Crippen molar-refractivity contribution in [1.82, 2.24) is 0 Å². The number of carbonyl (C=O) groups excluding carboxylic acids is 2. The first-order chi connectivity index (χ1) is 16.8. The topological polar surface area (TPSA) is 96.3 Å². The van der Waals surface area contributed by atoms with Crippen molar-refractivity contribution >= 4 is 23.1 Å². The summed E-state index contributed by atoms with van der Waals surface area (Å²) < 4.78 is 10.9. The number of aliphatic hydroxyl groups excluding tert-OH is 1. The number of rotatable bonds is 7. The van der Waals surface area contributed by atoms with E-state index in [0.717, 1.165) is 0 Å². The minimum Gasteiger partial charge on any atom is -0.508 e. The molecule has 1 aliphatic rings. The zero-order valence-corrected chi connectivity index (χ0v) is 19.8. The molecule has 0 radical (unpaired) electrons. The molecule has 2 N–H and O–H groups in total. The number of phenols is 1. The van der Waals surface area contributed by atoms with E-state index < -0.39 is 17.7 Å². The molecule has 7 nitrogen and oxygen atoms in total. The fourth-order valence-electron chi connectivity index (χ4n) is 3.98. The van der Waals surface area contributed by atoms with Crippen molar-refractivity contribution in [3.8, 4) is 17.2 Å². The SMILES string of the molecule is COc1ccc(N2C(=O)C(=O)/C(=C(\O)c3ccc(OCC(C)C)cc3)C2c2cccc(O)c2)cc1. The maximum Gasteiger partial charge on any atom is 0.300 e. The van der Waals surface area contributed by atoms with Crippen molar-refractivity contribution in [3.05, 3.63) is 89.5 Å². The van der Waals surface area contributed by atoms with Crippen LogP contribution in [0.2, 0.25) is 0 Å². The summed E-state index contributed by atoms with van der Waals surface area (Å²) in [6.45, 7) is 4.64. The number of hydrogen-bond donors (Lipinski definition) is 2. The van der Waals surface area contributed by atoms with Crippen molar-refractivity contribution in [2.24, 2.45) is 5.92 Å². The smallest absolute Gasteiger partial charge is 0.300 e. The van der Waals surface area contributed by atoms with Crippen molar-refractivity contribution < 1.29 is 29.3 Å². The third-order valence-corrected chi connectivity index (χ3v) is 5.69. The first-order valence-corrected chi connectivity index (χ1v) is 11.3. The van der Waals surface area contributed by atoms with E-state index in [4.69, 9.17) is 9.47 Å². The van der Waals surface area contributed by atoms with Gasteiger partial charge in [-0.1, -0.05) is 26.0 Å². The Balaban J connectivity index is 1.81. The highest BCUT2D eigenvalue weighted by atomic mass is 16.5. The third kappa shape index (κ3) is 4.84. The van der Waals surface area contributed by atoms with Gasteiger partial charge in [0.15, 0.2) is 0 Å². The van der Waals surface area contributed by atoms with Crippen LogP contribution in [0.15, 0.2) is 78.4 Å². The number of ketones is 1. The van der Waals surface area contributed by atoms with Crippen molar-refractivity contribution in [2.75, 3.05) is 18.6 Å². The molecule has 3 aromatic rings. The largest absolute Gasteiger partial charge is 0.508 e. The number of phenolic OH excluding ortho intramolecular Hbond substituents is 1. The van der Waals surface area contributed by atoms with E-state index in [1.54, 1.807) is 60.7 Å². The molecule has 3 aromatic carbocycles. The van der Waals surface area contributed by atoms with E-state index >= 15 is 0 Å². The number of ether oxygens (including phenoxy) is 2. The number of Topliss-reactive ketones (excluding diaryl/α,β-unsaturated/α-hetero) is 1. The van der Waals surface area contributed by atoms with Crippen molar-refractivity contribution in [3.63, 3.8) is 0 Å². The van der Waals surface area contributed by atoms with Gasteiger partial charge in [-0.3, -0.25) is 14.5 Å². The number of nitrogens with zero attached hydrogens (tertiary/aromatic N) is 1. The van der Waals surface area contributed by atoms with Crippen LogP contribution in [0.25, 0.3) is 5.76 Å². The van der Waals surface area contributed by atoms with E-state index in [0.29, 0.717) is 40.8 Å². The molecule has 0 aliphatic carbocycles. The summed E-state index contributed by atoms with van der Waals surface area (Å²) in [6, 6.07) is 18.8. The van der Waals surface area contributed by atoms with Crippen LogP contribution in [0, 0.1) is 5.92 Å². The first-order valence-electron chi connectivity index (χ1n) is 11.3. The maximum absolute atomic E-state index is 13.2. The molecule has 1 atom stereocenters. The van der Waals surface area contributed by atoms with Crippen LogP contribution in [0.5, 0.6) is 17.2 Å². The van der Waals surface area contributed by atoms with Crippen LogP contribution < -0.4 is 14.4 Å². The predicted molar refractivity (Wildman–Crippen MR) is 133 cm³/mol. The van der Waals surface area contributed by atoms with Crippen LogP contribution in [-0.4, -0.2) is 35.6 Å². The molecule has 0 spiro atoms. The number of aromatic hydroxyl groups is 1. The summed E-state index contributed by atoms with van der Waals surface area (Å²) in [5.74, 6) is -0.317. The number of carbonyl (C=O) groups is 2. The normalized spacial score (nSPS) is 17.1. The summed E-state index contributed by atoms with van der Waals surface area (Å²) in [4.78, 5) is 27.7. The number of anilines is 1. The highest BCUT2D eigenvalue weighted by Crippen LogP contribution is 2.43. The van der Waals surface area contributed by atoms with Gasteiger partial charge in [-0.15, -0.1) is 0 Å². The molecule has 1 amide bonds. The van der Waals surface area contributed by atoms with Crippen molar-refractivity contribution in [1.29, 1.82) is 0 Å². The molecule has 35 heavy (non-hydrogen) atoms. The van der Waals surface area contributed by atoms with Crippen LogP contribution in [0.4, 0.5) is 5.69 Å². The summed E-state index contributed by atoms with van der Waals surface area (Å²) in [7, 11) is 1.53. The second kappa shape index (κ2) is 9.93. The molecular weight excluding hydrogens is 446 g/mol. The zero-order valence-electron chi connectivity index (χ0n) is 19.8. The average Bonchev–Trinajstić information content (AvgIpc) is 3.13. The summed E-state index contributed by atoms with van der Waals surface area (Å²) in [5.41, 5.74) is 1.25. The van der Waals surface area contributed by atoms with Gasteiger partial charge in [0.2, 0.25) is 0 Å². The van der Waals surface area contributed by atoms with Gasteiger partial charge in [0.1, 0.15) is 23.0 Å². The monoisotopic (exact) mass is 473 g/mol. The number of methoxy groups -OCH3 is 1. The van der Waals surface area contributed by atoms with Gasteiger partial charge in [0.25, 0.3) is 11.7 Å². The molecule has 180 valence electrons. The lowest BCUT2D eigenvalue weighted by molar-refractivity contribution is -0.132. The number of aliphatic hydroxyl groups is 1. The van der Waals surface area contributed by atoms with E-state index in [-0.39, 0.29) is 17.1 Å². The molecule has 0 bridgehead atoms. The Morgan fingerprint density at radius 2 is 1.63 bits per heavy atom. The molecule has 1 aliphatic heterocycles. The Morgan fingerprint density at radius 1 is 0.971 bits per heavy atom. The van der Waals surface area contributed by atoms with Gasteiger partial charge in [-0.2, -0.15) is 0 Å². The van der Waals surface area contributed by atoms with Crippen LogP contribution in [0.3, 0.4) is 0 Å². The Hall–Kier alpha value is -4.26. The second-order valence-corrected chi connectivity index (χ2v) is 8.69. The fraction of sp³-hybridized carbons (Fsp3) is 0.214. The molecule has 1 unspecified atom stereocenters. The minimum atomic E-state index is -0.938. The van der Waals surface area contributed by atoms with Crippen molar-refractivity contribution in [2.45, 2.75) is 19.9 Å². The van der Waals surface area contributed by atoms with Gasteiger partial charge in [0.05, 0.1) is 25.3 Å². The van der Waals surface area contributed by atoms with Gasteiger partial charge >= 0.3 is 0 Å². The van der Waals surface area contributed by atoms with Gasteiger partial charge < -0.3 is 19.7 Å². The van der Waals surface area contributed by atoms with E-state index in [9.17, 15) is 19.8 Å². The highest BCUT2D eigenvalue weighted by Gasteiger charge is 2.47. The molecular formula is C28H27NO6. The van der Waals surface area contributed by atoms with Crippen LogP contribution in [-0.2, 0) is 9.59 Å². The lowest BCUT2D eigenvalue weighted by Gasteiger charge is -2.25. The standard InChI is InChI=1S/C28H27NO6/c1-17(2)16-35-23-11-7-18(8-12-23)26(31)24-25(19-5-4-6-21(30)15-19)29(28(33)27(24)32)20-9-13-22(34-3)14-10-20/h4-15,17,25,30-31H,16H2,1-3H3/b26-24-. The van der Waals surface area contributed by atoms with Crippen LogP contribution in [0.1, 0.15) is 31.0 Å². The number of benzene rings is 3. The number of hydrogen-bond acceptors (Lipinski definition) is 6. The lowest BCUT2D eigenvalue weighted by Crippen LogP contribution is -2.29. The molecule has 1 heterocycles. The highest BCUT2D eigenvalue weighted by molar-refractivity contribution is 6.51. The third-order valence-electron chi connectivity index (χ3n) is 5.69. The zero-order chi connectivity index (χ0) is 25.1. The quantitative estimate of drug-likeness (QED) is 0.283. The molecule has 4 rings (SSSR count). The average molecular weight is 474 g/mol. The minimum absolute atomic E-state index is 0.0190. The van der Waals surface area contributed by atoms with Gasteiger partial charge in [-0.25, -0.2) is 0 Å². The molecule has 7 heteroatoms. The summed E-state index contributed by atoms with van der Waals surface area (Å²) >= 11 is 0. The first kappa shape index (κ1) is 23.9. The lowest BCUT2D eigenvalue weighted by atomic mass is 9.95. The Bertz CT molecular complexity index is 1260. The number of amides is 1. The molecule has 1 saturated heterocycles. The van der Waals surface area contributed by atoms with Crippen LogP contribution >= 0.6 is 0 Å². The van der Waals surface area contributed by atoms with E-state index in [2.05, 4.69) is 0 Å². The maximum atomic E-state index is 13.2. The molecule has 0 saturated carbocycles. The van der Waals surface area contributed by atoms with E-state index in [1.165, 1.54) is 24.1 Å². The predicted octanol–water partition coefficient (Wildman–Crippen LogP) is 5.06. The second-order valence-electron chi connectivity index (χ2n) is 8.69. The summed E-state index contributed by atoms with van der Waals surface area (Å²) in [6.07, 6.45) is 0. The molecule has 1 fully saturated rings. The Morgan fingerprint density at radius 3 is 2.23 bits per heavy atom. The van der Waals surface area contributed by atoms with Gasteiger partial charge in [-0.05, 0) is 72.1 Å². The fourth-order valence-corrected chi connectivity index (χ4v) is 3.98. The van der Waals surface area contributed by atoms with Gasteiger partial charge in [0, 0.05) is 11.3 Å². The Kier molecular flexibility index (Phi) is 6.78. The molecule has 0 aromatic heterocycles.